The topological polar surface area (TPSA) is 92.0 Å². The molecule has 0 bridgehead atoms. The average Bonchev–Trinajstić information content (AvgIpc) is 3.26. The summed E-state index contributed by atoms with van der Waals surface area (Å²) in [4.78, 5) is 0. The first-order valence-electron chi connectivity index (χ1n) is 8.84. The zero-order valence-electron chi connectivity index (χ0n) is 16.0. The molecular weight excluding hydrogens is 432 g/mol. The van der Waals surface area contributed by atoms with Gasteiger partial charge in [0.2, 0.25) is 5.89 Å². The maximum atomic E-state index is 15.1. The van der Waals surface area contributed by atoms with Crippen LogP contribution in [0.1, 0.15) is 17.1 Å². The van der Waals surface area contributed by atoms with Crippen molar-refractivity contribution in [3.05, 3.63) is 69.4 Å². The van der Waals surface area contributed by atoms with Crippen LogP contribution in [0, 0.1) is 12.7 Å². The third-order valence-electron chi connectivity index (χ3n) is 4.27. The minimum Gasteiger partial charge on any atom is -0.453 e. The Morgan fingerprint density at radius 1 is 1.17 bits per heavy atom. The third-order valence-corrected chi connectivity index (χ3v) is 4.79. The van der Waals surface area contributed by atoms with E-state index in [1.54, 1.807) is 17.8 Å². The van der Waals surface area contributed by atoms with Crippen molar-refractivity contribution in [3.8, 4) is 23.1 Å². The van der Waals surface area contributed by atoms with E-state index in [4.69, 9.17) is 38.1 Å². The molecule has 7 nitrogen and oxygen atoms in total. The van der Waals surface area contributed by atoms with Crippen LogP contribution in [0.25, 0.3) is 11.6 Å². The van der Waals surface area contributed by atoms with Crippen molar-refractivity contribution in [2.24, 2.45) is 7.05 Å². The molecule has 2 aromatic carbocycles. The van der Waals surface area contributed by atoms with Crippen molar-refractivity contribution in [1.82, 2.24) is 20.0 Å². The number of nitrogens with two attached hydrogens (primary N) is 1. The summed E-state index contributed by atoms with van der Waals surface area (Å²) in [5.74, 6) is 0.0241. The summed E-state index contributed by atoms with van der Waals surface area (Å²) in [5.41, 5.74) is 7.91. The van der Waals surface area contributed by atoms with Gasteiger partial charge in [-0.25, -0.2) is 4.39 Å². The molecule has 10 heteroatoms. The van der Waals surface area contributed by atoms with E-state index < -0.39 is 5.82 Å². The Balaban J connectivity index is 1.61. The molecule has 0 aliphatic heterocycles. The standard InChI is InChI=1S/C20H16Cl2FN5O2/c1-10-5-16(28(2)27-10)20-26-25-17(30-20)6-11-3-4-15(22)19(18(11)23)29-14-8-12(21)7-13(24)9-14/h3-5,7-9H,6,24H2,1-2H3. The van der Waals surface area contributed by atoms with E-state index in [-0.39, 0.29) is 34.4 Å². The number of rotatable bonds is 5. The number of aromatic nitrogens is 4. The van der Waals surface area contributed by atoms with Crippen molar-refractivity contribution >= 4 is 28.9 Å². The number of benzene rings is 2. The zero-order valence-corrected chi connectivity index (χ0v) is 17.5. The van der Waals surface area contributed by atoms with Crippen molar-refractivity contribution in [1.29, 1.82) is 0 Å². The molecule has 2 aromatic heterocycles. The van der Waals surface area contributed by atoms with Crippen LogP contribution in [0.4, 0.5) is 10.1 Å². The van der Waals surface area contributed by atoms with Gasteiger partial charge in [-0.3, -0.25) is 4.68 Å². The van der Waals surface area contributed by atoms with E-state index >= 15 is 4.39 Å². The molecule has 4 rings (SSSR count). The first-order chi connectivity index (χ1) is 14.3. The molecule has 0 aliphatic carbocycles. The molecule has 0 unspecified atom stereocenters. The SMILES string of the molecule is Cc1cc(-c2nnc(Cc3ccc(Cl)c(Oc4cc(N)cc(Cl)c4)c3F)o2)n(C)n1. The molecule has 0 atom stereocenters. The molecule has 0 saturated carbocycles. The maximum Gasteiger partial charge on any atom is 0.265 e. The quantitative estimate of drug-likeness (QED) is 0.423. The molecule has 4 aromatic rings. The van der Waals surface area contributed by atoms with E-state index in [1.807, 2.05) is 13.0 Å². The lowest BCUT2D eigenvalue weighted by Crippen LogP contribution is -1.98. The predicted octanol–water partition coefficient (Wildman–Crippen LogP) is 5.19. The monoisotopic (exact) mass is 447 g/mol. The minimum atomic E-state index is -0.642. The zero-order chi connectivity index (χ0) is 21.4. The molecule has 30 heavy (non-hydrogen) atoms. The first-order valence-corrected chi connectivity index (χ1v) is 9.60. The predicted molar refractivity (Wildman–Crippen MR) is 111 cm³/mol. The van der Waals surface area contributed by atoms with Gasteiger partial charge in [0.05, 0.1) is 17.1 Å². The van der Waals surface area contributed by atoms with Gasteiger partial charge in [0.1, 0.15) is 11.4 Å². The summed E-state index contributed by atoms with van der Waals surface area (Å²) in [5, 5.41) is 12.7. The van der Waals surface area contributed by atoms with Gasteiger partial charge < -0.3 is 14.9 Å². The summed E-state index contributed by atoms with van der Waals surface area (Å²) in [6, 6.07) is 9.48. The molecule has 0 amide bonds. The fraction of sp³-hybridized carbons (Fsp3) is 0.150. The lowest BCUT2D eigenvalue weighted by Gasteiger charge is -2.12. The van der Waals surface area contributed by atoms with E-state index in [1.165, 1.54) is 24.3 Å². The number of anilines is 1. The smallest absolute Gasteiger partial charge is 0.265 e. The van der Waals surface area contributed by atoms with Crippen LogP contribution in [0.3, 0.4) is 0 Å². The van der Waals surface area contributed by atoms with Crippen molar-refractivity contribution < 1.29 is 13.5 Å². The molecule has 0 aliphatic rings. The number of nitrogens with zero attached hydrogens (tertiary/aromatic N) is 4. The first kappa shape index (κ1) is 20.2. The number of nitrogen functional groups attached to an aromatic ring is 1. The molecule has 0 radical (unpaired) electrons. The molecule has 0 saturated heterocycles. The summed E-state index contributed by atoms with van der Waals surface area (Å²) < 4.78 is 28.1. The van der Waals surface area contributed by atoms with Gasteiger partial charge in [-0.05, 0) is 31.2 Å². The highest BCUT2D eigenvalue weighted by Gasteiger charge is 2.19. The van der Waals surface area contributed by atoms with Gasteiger partial charge in [0, 0.05) is 29.4 Å². The van der Waals surface area contributed by atoms with Crippen LogP contribution in [0.2, 0.25) is 10.0 Å². The number of hydrogen-bond acceptors (Lipinski definition) is 6. The number of aryl methyl sites for hydroxylation is 2. The molecule has 154 valence electrons. The second kappa shape index (κ2) is 7.97. The second-order valence-corrected chi connectivity index (χ2v) is 7.49. The average molecular weight is 448 g/mol. The van der Waals surface area contributed by atoms with Crippen molar-refractivity contribution in [3.63, 3.8) is 0 Å². The number of hydrogen-bond donors (Lipinski definition) is 1. The van der Waals surface area contributed by atoms with Crippen molar-refractivity contribution in [2.45, 2.75) is 13.3 Å². The van der Waals surface area contributed by atoms with Crippen LogP contribution in [0.5, 0.6) is 11.5 Å². The fourth-order valence-corrected chi connectivity index (χ4v) is 3.38. The lowest BCUT2D eigenvalue weighted by molar-refractivity contribution is 0.437. The van der Waals surface area contributed by atoms with Crippen LogP contribution in [-0.4, -0.2) is 20.0 Å². The molecule has 2 heterocycles. The number of ether oxygens (including phenoxy) is 1. The van der Waals surface area contributed by atoms with Gasteiger partial charge >= 0.3 is 0 Å². The van der Waals surface area contributed by atoms with Gasteiger partial charge in [0.25, 0.3) is 5.89 Å². The lowest BCUT2D eigenvalue weighted by atomic mass is 10.1. The van der Waals surface area contributed by atoms with E-state index in [0.717, 1.165) is 5.69 Å². The van der Waals surface area contributed by atoms with Crippen LogP contribution in [0.15, 0.2) is 40.8 Å². The number of halogens is 3. The van der Waals surface area contributed by atoms with E-state index in [2.05, 4.69) is 15.3 Å². The van der Waals surface area contributed by atoms with Crippen LogP contribution in [-0.2, 0) is 13.5 Å². The van der Waals surface area contributed by atoms with Gasteiger partial charge in [0.15, 0.2) is 11.6 Å². The Morgan fingerprint density at radius 2 is 1.97 bits per heavy atom. The Hall–Kier alpha value is -3.10. The third kappa shape index (κ3) is 4.10. The second-order valence-electron chi connectivity index (χ2n) is 6.64. The highest BCUT2D eigenvalue weighted by Crippen LogP contribution is 2.36. The highest BCUT2D eigenvalue weighted by molar-refractivity contribution is 6.32. The Morgan fingerprint density at radius 3 is 2.67 bits per heavy atom. The summed E-state index contributed by atoms with van der Waals surface area (Å²) in [6.45, 7) is 1.86. The van der Waals surface area contributed by atoms with Crippen molar-refractivity contribution in [2.75, 3.05) is 5.73 Å². The Labute approximate surface area is 181 Å². The van der Waals surface area contributed by atoms with Gasteiger partial charge in [-0.2, -0.15) is 5.10 Å². The summed E-state index contributed by atoms with van der Waals surface area (Å²) in [6.07, 6.45) is 0.0564. The minimum absolute atomic E-state index is 0.0564. The molecule has 0 fully saturated rings. The molecule has 0 spiro atoms. The normalized spacial score (nSPS) is 11.1. The van der Waals surface area contributed by atoms with Crippen LogP contribution < -0.4 is 10.5 Å². The van der Waals surface area contributed by atoms with Gasteiger partial charge in [-0.1, -0.05) is 29.3 Å². The Kier molecular flexibility index (Phi) is 5.36. The van der Waals surface area contributed by atoms with Gasteiger partial charge in [-0.15, -0.1) is 10.2 Å². The fourth-order valence-electron chi connectivity index (χ4n) is 2.97. The van der Waals surface area contributed by atoms with E-state index in [9.17, 15) is 0 Å². The summed E-state index contributed by atoms with van der Waals surface area (Å²) in [7, 11) is 1.78. The molecular formula is C20H16Cl2FN5O2. The Bertz CT molecular complexity index is 1220. The molecule has 2 N–H and O–H groups in total. The summed E-state index contributed by atoms with van der Waals surface area (Å²) >= 11 is 12.1. The highest BCUT2D eigenvalue weighted by atomic mass is 35.5. The maximum absolute atomic E-state index is 15.1. The van der Waals surface area contributed by atoms with E-state index in [0.29, 0.717) is 22.3 Å². The largest absolute Gasteiger partial charge is 0.453 e. The van der Waals surface area contributed by atoms with Crippen LogP contribution >= 0.6 is 23.2 Å².